The predicted molar refractivity (Wildman–Crippen MR) is 82.7 cm³/mol. The molecule has 0 aromatic rings. The molecule has 1 saturated heterocycles. The van der Waals surface area contributed by atoms with Gasteiger partial charge in [0.1, 0.15) is 6.29 Å². The van der Waals surface area contributed by atoms with Crippen LogP contribution in [0.1, 0.15) is 58.8 Å². The molecule has 1 atom stereocenters. The summed E-state index contributed by atoms with van der Waals surface area (Å²) in [6, 6.07) is 0. The van der Waals surface area contributed by atoms with E-state index in [1.54, 1.807) is 0 Å². The van der Waals surface area contributed by atoms with E-state index in [0.717, 1.165) is 24.2 Å². The Balaban J connectivity index is 0.000000425. The minimum atomic E-state index is -0.778. The average molecular weight is 313 g/mol. The molecule has 1 aliphatic heterocycles. The molecule has 1 aliphatic rings. The molecule has 0 aromatic carbocycles. The summed E-state index contributed by atoms with van der Waals surface area (Å²) in [5.41, 5.74) is -0.778. The van der Waals surface area contributed by atoms with Crippen molar-refractivity contribution in [2.75, 3.05) is 7.11 Å². The van der Waals surface area contributed by atoms with E-state index in [9.17, 15) is 19.5 Å². The van der Waals surface area contributed by atoms with E-state index >= 15 is 0 Å². The summed E-state index contributed by atoms with van der Waals surface area (Å²) in [5.74, 6) is -0.495. The van der Waals surface area contributed by atoms with Gasteiger partial charge in [0.05, 0.1) is 12.7 Å². The molecule has 0 spiro atoms. The Morgan fingerprint density at radius 2 is 1.82 bits per heavy atom. The lowest BCUT2D eigenvalue weighted by Gasteiger charge is -2.23. The Hall–Kier alpha value is -1.53. The first-order valence-corrected chi connectivity index (χ1v) is 7.65. The summed E-state index contributed by atoms with van der Waals surface area (Å²) >= 11 is 0. The highest BCUT2D eigenvalue weighted by molar-refractivity contribution is 6.00. The fraction of sp³-hybridized carbons (Fsp3) is 0.688. The summed E-state index contributed by atoms with van der Waals surface area (Å²) in [5, 5.41) is 10.6. The van der Waals surface area contributed by atoms with E-state index in [2.05, 4.69) is 23.9 Å². The zero-order valence-electron chi connectivity index (χ0n) is 13.7. The van der Waals surface area contributed by atoms with Crippen LogP contribution >= 0.6 is 0 Å². The van der Waals surface area contributed by atoms with Crippen LogP contribution in [0.25, 0.3) is 0 Å². The third-order valence-electron chi connectivity index (χ3n) is 3.49. The second-order valence-electron chi connectivity index (χ2n) is 5.13. The Morgan fingerprint density at radius 1 is 1.23 bits per heavy atom. The number of aldehydes is 1. The quantitative estimate of drug-likeness (QED) is 0.422. The second-order valence-corrected chi connectivity index (χ2v) is 5.13. The number of hydrogen-bond donors (Lipinski definition) is 1. The molecule has 1 rings (SSSR count). The predicted octanol–water partition coefficient (Wildman–Crippen LogP) is 2.16. The lowest BCUT2D eigenvalue weighted by molar-refractivity contribution is -0.179. The van der Waals surface area contributed by atoms with Gasteiger partial charge in [0.15, 0.2) is 0 Å². The first kappa shape index (κ1) is 20.5. The summed E-state index contributed by atoms with van der Waals surface area (Å²) < 4.78 is 0. The highest BCUT2D eigenvalue weighted by Crippen LogP contribution is 2.20. The third kappa shape index (κ3) is 7.47. The van der Waals surface area contributed by atoms with Crippen molar-refractivity contribution < 1.29 is 24.3 Å². The molecule has 6 nitrogen and oxygen atoms in total. The molecule has 22 heavy (non-hydrogen) atoms. The smallest absolute Gasteiger partial charge is 0.253 e. The molecule has 0 aliphatic carbocycles. The van der Waals surface area contributed by atoms with Crippen LogP contribution in [0.2, 0.25) is 0 Å². The number of amides is 2. The summed E-state index contributed by atoms with van der Waals surface area (Å²) in [4.78, 5) is 36.0. The van der Waals surface area contributed by atoms with Gasteiger partial charge >= 0.3 is 0 Å². The number of aliphatic hydroxyl groups is 1. The van der Waals surface area contributed by atoms with Gasteiger partial charge in [-0.25, -0.2) is 0 Å². The van der Waals surface area contributed by atoms with Crippen molar-refractivity contribution in [1.82, 2.24) is 5.06 Å². The Morgan fingerprint density at radius 3 is 2.18 bits per heavy atom. The number of imide groups is 1. The largest absolute Gasteiger partial charge is 0.389 e. The van der Waals surface area contributed by atoms with Gasteiger partial charge in [-0.3, -0.25) is 14.4 Å². The number of rotatable bonds is 8. The van der Waals surface area contributed by atoms with Crippen LogP contribution in [0.5, 0.6) is 0 Å². The Bertz CT molecular complexity index is 378. The van der Waals surface area contributed by atoms with E-state index in [-0.39, 0.29) is 31.1 Å². The van der Waals surface area contributed by atoms with E-state index < -0.39 is 5.60 Å². The van der Waals surface area contributed by atoms with Gasteiger partial charge in [0, 0.05) is 19.3 Å². The lowest BCUT2D eigenvalue weighted by atomic mass is 9.91. The monoisotopic (exact) mass is 313 g/mol. The maximum absolute atomic E-state index is 10.6. The minimum Gasteiger partial charge on any atom is -0.389 e. The fourth-order valence-corrected chi connectivity index (χ4v) is 1.97. The van der Waals surface area contributed by atoms with Crippen LogP contribution in [0.4, 0.5) is 0 Å². The zero-order valence-corrected chi connectivity index (χ0v) is 13.7. The molecule has 1 unspecified atom stereocenters. The summed E-state index contributed by atoms with van der Waals surface area (Å²) in [6.07, 6.45) is 8.97. The van der Waals surface area contributed by atoms with Crippen LogP contribution in [0.15, 0.2) is 12.2 Å². The van der Waals surface area contributed by atoms with E-state index in [1.165, 1.54) is 7.11 Å². The topological polar surface area (TPSA) is 83.9 Å². The van der Waals surface area contributed by atoms with Crippen molar-refractivity contribution in [2.45, 2.75) is 64.4 Å². The van der Waals surface area contributed by atoms with E-state index in [0.29, 0.717) is 12.8 Å². The zero-order chi connectivity index (χ0) is 17.0. The molecule has 6 heteroatoms. The van der Waals surface area contributed by atoms with Gasteiger partial charge in [-0.15, -0.1) is 0 Å². The minimum absolute atomic E-state index is 0.248. The molecular formula is C16H27NO5. The van der Waals surface area contributed by atoms with Crippen molar-refractivity contribution in [3.63, 3.8) is 0 Å². The summed E-state index contributed by atoms with van der Waals surface area (Å²) in [6.45, 7) is 3.99. The van der Waals surface area contributed by atoms with Crippen molar-refractivity contribution in [3.8, 4) is 0 Å². The van der Waals surface area contributed by atoms with Crippen molar-refractivity contribution in [2.24, 2.45) is 0 Å². The highest BCUT2D eigenvalue weighted by Gasteiger charge is 2.28. The standard InChI is InChI=1S/C11H20O2.C5H7NO3/c1-3-5-6-7-8-11(13,4-2)9-10-12;1-9-6-4(7)2-3-5(6)8/h5-6,10,13H,3-4,7-9H2,1-2H3;2-3H2,1H3/b6-5+;. The van der Waals surface area contributed by atoms with Gasteiger partial charge in [-0.1, -0.05) is 26.0 Å². The highest BCUT2D eigenvalue weighted by atomic mass is 16.7. The molecule has 1 N–H and O–H groups in total. The van der Waals surface area contributed by atoms with Crippen LogP contribution in [0.3, 0.4) is 0 Å². The SMILES string of the molecule is CC/C=C/CCC(O)(CC)CC=O.CON1C(=O)CCC1=O. The first-order chi connectivity index (χ1) is 10.4. The van der Waals surface area contributed by atoms with Gasteiger partial charge in [0.25, 0.3) is 11.8 Å². The number of hydroxylamine groups is 2. The number of carbonyl (C=O) groups excluding carboxylic acids is 3. The summed E-state index contributed by atoms with van der Waals surface area (Å²) in [7, 11) is 1.31. The van der Waals surface area contributed by atoms with Crippen LogP contribution < -0.4 is 0 Å². The number of nitrogens with zero attached hydrogens (tertiary/aromatic N) is 1. The van der Waals surface area contributed by atoms with Crippen LogP contribution in [-0.2, 0) is 19.2 Å². The Labute approximate surface area is 132 Å². The van der Waals surface area contributed by atoms with Crippen LogP contribution in [0, 0.1) is 0 Å². The Kier molecular flexibility index (Phi) is 10.3. The maximum Gasteiger partial charge on any atom is 0.253 e. The molecule has 0 saturated carbocycles. The maximum atomic E-state index is 10.6. The third-order valence-corrected chi connectivity index (χ3v) is 3.49. The first-order valence-electron chi connectivity index (χ1n) is 7.65. The van der Waals surface area contributed by atoms with Gasteiger partial charge in [0.2, 0.25) is 0 Å². The fourth-order valence-electron chi connectivity index (χ4n) is 1.97. The second kappa shape index (κ2) is 11.1. The van der Waals surface area contributed by atoms with E-state index in [4.69, 9.17) is 0 Å². The number of allylic oxidation sites excluding steroid dienone is 2. The normalized spacial score (nSPS) is 17.4. The number of hydrogen-bond acceptors (Lipinski definition) is 5. The van der Waals surface area contributed by atoms with Crippen molar-refractivity contribution >= 4 is 18.1 Å². The molecular weight excluding hydrogens is 286 g/mol. The van der Waals surface area contributed by atoms with Gasteiger partial charge < -0.3 is 9.90 Å². The molecule has 126 valence electrons. The van der Waals surface area contributed by atoms with Crippen LogP contribution in [-0.4, -0.2) is 41.0 Å². The lowest BCUT2D eigenvalue weighted by Crippen LogP contribution is -2.27. The average Bonchev–Trinajstić information content (AvgIpc) is 2.83. The van der Waals surface area contributed by atoms with Crippen molar-refractivity contribution in [3.05, 3.63) is 12.2 Å². The van der Waals surface area contributed by atoms with Crippen molar-refractivity contribution in [1.29, 1.82) is 0 Å². The molecule has 1 fully saturated rings. The van der Waals surface area contributed by atoms with Gasteiger partial charge in [-0.05, 0) is 25.7 Å². The number of carbonyl (C=O) groups is 3. The molecule has 0 aromatic heterocycles. The van der Waals surface area contributed by atoms with E-state index in [1.807, 2.05) is 6.92 Å². The molecule has 0 bridgehead atoms. The molecule has 2 amide bonds. The van der Waals surface area contributed by atoms with Gasteiger partial charge in [-0.2, -0.15) is 5.06 Å². The molecule has 0 radical (unpaired) electrons. The molecule has 1 heterocycles.